The van der Waals surface area contributed by atoms with E-state index < -0.39 is 10.5 Å². The predicted molar refractivity (Wildman–Crippen MR) is 71.0 cm³/mol. The second-order valence-corrected chi connectivity index (χ2v) is 5.58. The van der Waals surface area contributed by atoms with Crippen molar-refractivity contribution in [3.05, 3.63) is 34.4 Å². The van der Waals surface area contributed by atoms with Gasteiger partial charge in [0.2, 0.25) is 5.91 Å². The number of nitrogens with one attached hydrogen (secondary N) is 1. The molecule has 0 heterocycles. The number of hydrogen-bond donors (Lipinski definition) is 2. The van der Waals surface area contributed by atoms with E-state index in [1.165, 1.54) is 23.9 Å². The number of thioether (sulfide) groups is 1. The van der Waals surface area contributed by atoms with E-state index in [-0.39, 0.29) is 24.0 Å². The van der Waals surface area contributed by atoms with Gasteiger partial charge in [0.15, 0.2) is 0 Å². The van der Waals surface area contributed by atoms with Gasteiger partial charge in [-0.15, -0.1) is 11.8 Å². The average Bonchev–Trinajstić information content (AvgIpc) is 3.17. The summed E-state index contributed by atoms with van der Waals surface area (Å²) in [4.78, 5) is 22.5. The first-order valence-corrected chi connectivity index (χ1v) is 6.82. The quantitative estimate of drug-likeness (QED) is 0.466. The summed E-state index contributed by atoms with van der Waals surface area (Å²) in [6.45, 7) is -0.0268. The van der Waals surface area contributed by atoms with Crippen molar-refractivity contribution in [1.29, 1.82) is 0 Å². The molecule has 0 spiro atoms. The molecule has 1 aliphatic rings. The second-order valence-electron chi connectivity index (χ2n) is 4.53. The van der Waals surface area contributed by atoms with Gasteiger partial charge >= 0.3 is 0 Å². The average molecular weight is 282 g/mol. The molecule has 6 nitrogen and oxygen atoms in total. The monoisotopic (exact) mass is 282 g/mol. The zero-order valence-electron chi connectivity index (χ0n) is 10.2. The minimum absolute atomic E-state index is 0.0268. The lowest BCUT2D eigenvalue weighted by Crippen LogP contribution is -2.40. The molecule has 1 fully saturated rings. The van der Waals surface area contributed by atoms with Crippen LogP contribution in [0.4, 0.5) is 5.69 Å². The molecular formula is C12H14N2O4S. The first kappa shape index (κ1) is 13.8. The van der Waals surface area contributed by atoms with Crippen LogP contribution in [0.2, 0.25) is 0 Å². The van der Waals surface area contributed by atoms with Crippen LogP contribution >= 0.6 is 11.8 Å². The van der Waals surface area contributed by atoms with Gasteiger partial charge in [-0.25, -0.2) is 0 Å². The molecule has 2 N–H and O–H groups in total. The van der Waals surface area contributed by atoms with Crippen LogP contribution in [0.15, 0.2) is 29.2 Å². The van der Waals surface area contributed by atoms with Crippen LogP contribution in [-0.4, -0.2) is 33.8 Å². The van der Waals surface area contributed by atoms with Gasteiger partial charge in [0, 0.05) is 17.0 Å². The van der Waals surface area contributed by atoms with Crippen molar-refractivity contribution in [1.82, 2.24) is 5.32 Å². The maximum atomic E-state index is 11.7. The van der Waals surface area contributed by atoms with E-state index in [9.17, 15) is 14.9 Å². The summed E-state index contributed by atoms with van der Waals surface area (Å²) in [5.74, 6) is 0.106. The molecule has 7 heteroatoms. The molecule has 0 aliphatic heterocycles. The molecule has 1 aromatic carbocycles. The fourth-order valence-corrected chi connectivity index (χ4v) is 2.32. The highest BCUT2D eigenvalue weighted by atomic mass is 32.2. The van der Waals surface area contributed by atoms with Crippen LogP contribution < -0.4 is 5.32 Å². The smallest absolute Gasteiger partial charge is 0.269 e. The number of rotatable bonds is 6. The van der Waals surface area contributed by atoms with Gasteiger partial charge in [0.1, 0.15) is 0 Å². The minimum atomic E-state index is -0.459. The Morgan fingerprint density at radius 2 is 2.05 bits per heavy atom. The van der Waals surface area contributed by atoms with Gasteiger partial charge in [-0.05, 0) is 25.0 Å². The van der Waals surface area contributed by atoms with Crippen molar-refractivity contribution in [3.8, 4) is 0 Å². The summed E-state index contributed by atoms with van der Waals surface area (Å²) in [7, 11) is 0. The van der Waals surface area contributed by atoms with E-state index >= 15 is 0 Å². The number of hydrogen-bond acceptors (Lipinski definition) is 5. The Bertz CT molecular complexity index is 485. The van der Waals surface area contributed by atoms with Crippen molar-refractivity contribution in [2.45, 2.75) is 23.3 Å². The van der Waals surface area contributed by atoms with Crippen molar-refractivity contribution < 1.29 is 14.8 Å². The third-order valence-electron chi connectivity index (χ3n) is 2.98. The summed E-state index contributed by atoms with van der Waals surface area (Å²) < 4.78 is 0. The molecule has 1 aliphatic carbocycles. The highest BCUT2D eigenvalue weighted by Crippen LogP contribution is 2.34. The Morgan fingerprint density at radius 1 is 1.42 bits per heavy atom. The number of benzene rings is 1. The van der Waals surface area contributed by atoms with Gasteiger partial charge in [0.05, 0.1) is 22.8 Å². The molecule has 0 aromatic heterocycles. The number of amides is 1. The van der Waals surface area contributed by atoms with E-state index in [1.54, 1.807) is 12.1 Å². The van der Waals surface area contributed by atoms with Crippen LogP contribution in [0.25, 0.3) is 0 Å². The van der Waals surface area contributed by atoms with E-state index in [0.29, 0.717) is 0 Å². The third kappa shape index (κ3) is 3.68. The van der Waals surface area contributed by atoms with Gasteiger partial charge in [-0.3, -0.25) is 14.9 Å². The molecule has 1 amide bonds. The van der Waals surface area contributed by atoms with Crippen LogP contribution in [0.3, 0.4) is 0 Å². The Balaban J connectivity index is 1.81. The van der Waals surface area contributed by atoms with Crippen LogP contribution in [0.5, 0.6) is 0 Å². The topological polar surface area (TPSA) is 92.5 Å². The normalized spacial score (nSPS) is 15.8. The fraction of sp³-hybridized carbons (Fsp3) is 0.417. The summed E-state index contributed by atoms with van der Waals surface area (Å²) >= 11 is 1.31. The molecule has 2 rings (SSSR count). The first-order chi connectivity index (χ1) is 9.04. The zero-order chi connectivity index (χ0) is 13.9. The zero-order valence-corrected chi connectivity index (χ0v) is 11.0. The van der Waals surface area contributed by atoms with E-state index in [2.05, 4.69) is 5.32 Å². The number of nitro groups is 1. The third-order valence-corrected chi connectivity index (χ3v) is 3.99. The fourth-order valence-electron chi connectivity index (χ4n) is 1.62. The molecule has 0 saturated heterocycles. The standard InChI is InChI=1S/C12H14N2O4S/c15-8-12(5-6-12)13-11(16)7-19-10-3-1-9(2-4-10)14(17)18/h1-4,15H,5-8H2,(H,13,16). The van der Waals surface area contributed by atoms with E-state index in [4.69, 9.17) is 5.11 Å². The Morgan fingerprint density at radius 3 is 2.53 bits per heavy atom. The molecule has 0 atom stereocenters. The lowest BCUT2D eigenvalue weighted by atomic mass is 10.3. The number of carbonyl (C=O) groups excluding carboxylic acids is 1. The summed E-state index contributed by atoms with van der Waals surface area (Å²) in [6, 6.07) is 6.07. The first-order valence-electron chi connectivity index (χ1n) is 5.84. The second kappa shape index (κ2) is 5.58. The molecule has 0 bridgehead atoms. The number of nitro benzene ring substituents is 1. The van der Waals surface area contributed by atoms with Crippen molar-refractivity contribution in [3.63, 3.8) is 0 Å². The van der Waals surface area contributed by atoms with Crippen molar-refractivity contribution in [2.24, 2.45) is 0 Å². The van der Waals surface area contributed by atoms with E-state index in [1.807, 2.05) is 0 Å². The lowest BCUT2D eigenvalue weighted by molar-refractivity contribution is -0.384. The summed E-state index contributed by atoms with van der Waals surface area (Å²) in [6.07, 6.45) is 1.63. The van der Waals surface area contributed by atoms with Gasteiger partial charge < -0.3 is 10.4 Å². The number of aliphatic hydroxyl groups is 1. The molecule has 102 valence electrons. The maximum absolute atomic E-state index is 11.7. The van der Waals surface area contributed by atoms with Crippen LogP contribution in [0.1, 0.15) is 12.8 Å². The van der Waals surface area contributed by atoms with Crippen molar-refractivity contribution >= 4 is 23.4 Å². The van der Waals surface area contributed by atoms with E-state index in [0.717, 1.165) is 17.7 Å². The number of nitrogens with zero attached hydrogens (tertiary/aromatic N) is 1. The van der Waals surface area contributed by atoms with Gasteiger partial charge in [-0.2, -0.15) is 0 Å². The summed E-state index contributed by atoms with van der Waals surface area (Å²) in [5, 5.41) is 22.4. The highest BCUT2D eigenvalue weighted by Gasteiger charge is 2.43. The number of non-ortho nitro benzene ring substituents is 1. The molecule has 1 saturated carbocycles. The molecule has 0 radical (unpaired) electrons. The van der Waals surface area contributed by atoms with Crippen LogP contribution in [0, 0.1) is 10.1 Å². The Labute approximate surface area is 114 Å². The number of carbonyl (C=O) groups is 1. The van der Waals surface area contributed by atoms with Crippen molar-refractivity contribution in [2.75, 3.05) is 12.4 Å². The molecule has 1 aromatic rings. The Hall–Kier alpha value is -1.60. The minimum Gasteiger partial charge on any atom is -0.394 e. The SMILES string of the molecule is O=C(CSc1ccc([N+](=O)[O-])cc1)NC1(CO)CC1. The Kier molecular flexibility index (Phi) is 4.06. The molecular weight excluding hydrogens is 268 g/mol. The van der Waals surface area contributed by atoms with Crippen LogP contribution in [-0.2, 0) is 4.79 Å². The molecule has 19 heavy (non-hydrogen) atoms. The molecule has 0 unspecified atom stereocenters. The summed E-state index contributed by atoms with van der Waals surface area (Å²) in [5.41, 5.74) is -0.362. The van der Waals surface area contributed by atoms with Gasteiger partial charge in [0.25, 0.3) is 5.69 Å². The van der Waals surface area contributed by atoms with Gasteiger partial charge in [-0.1, -0.05) is 0 Å². The predicted octanol–water partition coefficient (Wildman–Crippen LogP) is 1.33. The largest absolute Gasteiger partial charge is 0.394 e. The number of aliphatic hydroxyl groups excluding tert-OH is 1. The highest BCUT2D eigenvalue weighted by molar-refractivity contribution is 8.00. The lowest BCUT2D eigenvalue weighted by Gasteiger charge is -2.13. The maximum Gasteiger partial charge on any atom is 0.269 e.